The first-order valence-electron chi connectivity index (χ1n) is 8.34. The van der Waals surface area contributed by atoms with Gasteiger partial charge in [-0.3, -0.25) is 0 Å². The minimum atomic E-state index is 0.768. The number of para-hydroxylation sites is 1. The fourth-order valence-corrected chi connectivity index (χ4v) is 3.16. The fourth-order valence-electron chi connectivity index (χ4n) is 3.16. The maximum Gasteiger partial charge on any atom is 0.138 e. The van der Waals surface area contributed by atoms with Crippen molar-refractivity contribution < 1.29 is 0 Å². The lowest BCUT2D eigenvalue weighted by Crippen LogP contribution is -2.35. The van der Waals surface area contributed by atoms with Crippen LogP contribution in [0.2, 0.25) is 0 Å². The van der Waals surface area contributed by atoms with Crippen molar-refractivity contribution in [1.29, 1.82) is 0 Å². The lowest BCUT2D eigenvalue weighted by Gasteiger charge is -2.33. The number of rotatable bonds is 5. The Hall–Kier alpha value is -2.14. The highest BCUT2D eigenvalue weighted by Crippen LogP contribution is 2.27. The summed E-state index contributed by atoms with van der Waals surface area (Å²) in [7, 11) is 2.04. The highest BCUT2D eigenvalue weighted by atomic mass is 15.2. The number of nitrogens with two attached hydrogens (primary N) is 1. The van der Waals surface area contributed by atoms with E-state index in [9.17, 15) is 0 Å². The molecule has 3 rings (SSSR count). The predicted octanol–water partition coefficient (Wildman–Crippen LogP) is 2.81. The van der Waals surface area contributed by atoms with Gasteiger partial charge in [0.15, 0.2) is 0 Å². The van der Waals surface area contributed by atoms with Gasteiger partial charge in [0.05, 0.1) is 0 Å². The minimum absolute atomic E-state index is 0.768. The van der Waals surface area contributed by atoms with Crippen molar-refractivity contribution in [3.63, 3.8) is 0 Å². The zero-order valence-electron chi connectivity index (χ0n) is 13.7. The topological polar surface area (TPSA) is 58.3 Å². The molecule has 0 unspecified atom stereocenters. The summed E-state index contributed by atoms with van der Waals surface area (Å²) in [5.74, 6) is 2.71. The van der Waals surface area contributed by atoms with Crippen molar-refractivity contribution in [2.45, 2.75) is 19.3 Å². The van der Waals surface area contributed by atoms with Gasteiger partial charge in [-0.2, -0.15) is 0 Å². The van der Waals surface area contributed by atoms with Gasteiger partial charge in [0.25, 0.3) is 0 Å². The first kappa shape index (κ1) is 15.7. The van der Waals surface area contributed by atoms with E-state index in [4.69, 9.17) is 5.73 Å². The van der Waals surface area contributed by atoms with Crippen LogP contribution in [0.1, 0.15) is 19.3 Å². The van der Waals surface area contributed by atoms with E-state index in [1.807, 2.05) is 25.2 Å². The Bertz CT molecular complexity index is 608. The average molecular weight is 311 g/mol. The zero-order valence-corrected chi connectivity index (χ0v) is 13.7. The SMILES string of the molecule is CN(c1ccccc1)c1cc(N2CCC(CCN)CC2)ncn1. The van der Waals surface area contributed by atoms with Gasteiger partial charge < -0.3 is 15.5 Å². The third-order valence-corrected chi connectivity index (χ3v) is 4.64. The first-order valence-corrected chi connectivity index (χ1v) is 8.34. The molecule has 0 spiro atoms. The second kappa shape index (κ2) is 7.42. The molecule has 2 heterocycles. The quantitative estimate of drug-likeness (QED) is 0.920. The molecule has 1 saturated heterocycles. The van der Waals surface area contributed by atoms with Gasteiger partial charge >= 0.3 is 0 Å². The average Bonchev–Trinajstić information content (AvgIpc) is 2.63. The van der Waals surface area contributed by atoms with Crippen molar-refractivity contribution in [3.05, 3.63) is 42.7 Å². The Morgan fingerprint density at radius 2 is 1.91 bits per heavy atom. The van der Waals surface area contributed by atoms with Crippen LogP contribution in [0.4, 0.5) is 17.3 Å². The maximum atomic E-state index is 5.67. The van der Waals surface area contributed by atoms with Gasteiger partial charge in [-0.05, 0) is 43.9 Å². The van der Waals surface area contributed by atoms with Crippen LogP contribution in [0.25, 0.3) is 0 Å². The standard InChI is InChI=1S/C18H25N5/c1-22(16-5-3-2-4-6-16)17-13-18(21-14-20-17)23-11-8-15(7-10-19)9-12-23/h2-6,13-15H,7-12,19H2,1H3. The van der Waals surface area contributed by atoms with E-state index in [-0.39, 0.29) is 0 Å². The van der Waals surface area contributed by atoms with E-state index >= 15 is 0 Å². The Kier molecular flexibility index (Phi) is 5.08. The van der Waals surface area contributed by atoms with Gasteiger partial charge in [-0.25, -0.2) is 9.97 Å². The lowest BCUT2D eigenvalue weighted by atomic mass is 9.94. The van der Waals surface area contributed by atoms with Crippen molar-refractivity contribution in [2.75, 3.05) is 36.5 Å². The zero-order chi connectivity index (χ0) is 16.1. The smallest absolute Gasteiger partial charge is 0.138 e. The molecule has 0 saturated carbocycles. The van der Waals surface area contributed by atoms with Gasteiger partial charge in [0.1, 0.15) is 18.0 Å². The number of benzene rings is 1. The van der Waals surface area contributed by atoms with E-state index in [1.54, 1.807) is 6.33 Å². The monoisotopic (exact) mass is 311 g/mol. The summed E-state index contributed by atoms with van der Waals surface area (Å²) < 4.78 is 0. The van der Waals surface area contributed by atoms with Crippen LogP contribution in [0.5, 0.6) is 0 Å². The number of piperidine rings is 1. The molecule has 2 aromatic rings. The number of hydrogen-bond acceptors (Lipinski definition) is 5. The van der Waals surface area contributed by atoms with Gasteiger partial charge in [0.2, 0.25) is 0 Å². The Balaban J connectivity index is 1.71. The van der Waals surface area contributed by atoms with Crippen LogP contribution in [0.15, 0.2) is 42.7 Å². The molecule has 0 bridgehead atoms. The summed E-state index contributed by atoms with van der Waals surface area (Å²) in [4.78, 5) is 13.3. The van der Waals surface area contributed by atoms with Crippen LogP contribution < -0.4 is 15.5 Å². The third kappa shape index (κ3) is 3.79. The Labute approximate surface area is 138 Å². The van der Waals surface area contributed by atoms with Crippen molar-refractivity contribution in [3.8, 4) is 0 Å². The molecule has 1 aromatic carbocycles. The molecule has 5 heteroatoms. The first-order chi connectivity index (χ1) is 11.3. The fraction of sp³-hybridized carbons (Fsp3) is 0.444. The predicted molar refractivity (Wildman–Crippen MR) is 95.1 cm³/mol. The molecular weight excluding hydrogens is 286 g/mol. The van der Waals surface area contributed by atoms with E-state index in [0.717, 1.165) is 49.3 Å². The van der Waals surface area contributed by atoms with Crippen molar-refractivity contribution in [1.82, 2.24) is 9.97 Å². The highest BCUT2D eigenvalue weighted by molar-refractivity contribution is 5.61. The van der Waals surface area contributed by atoms with Crippen LogP contribution in [0, 0.1) is 5.92 Å². The van der Waals surface area contributed by atoms with Gasteiger partial charge in [-0.1, -0.05) is 18.2 Å². The molecule has 5 nitrogen and oxygen atoms in total. The molecule has 0 aliphatic carbocycles. The molecule has 122 valence electrons. The second-order valence-corrected chi connectivity index (χ2v) is 6.14. The van der Waals surface area contributed by atoms with E-state index in [0.29, 0.717) is 0 Å². The molecule has 1 aromatic heterocycles. The molecule has 0 atom stereocenters. The third-order valence-electron chi connectivity index (χ3n) is 4.64. The molecule has 1 aliphatic rings. The largest absolute Gasteiger partial charge is 0.356 e. The van der Waals surface area contributed by atoms with E-state index < -0.39 is 0 Å². The molecule has 0 radical (unpaired) electrons. The summed E-state index contributed by atoms with van der Waals surface area (Å²) in [6, 6.07) is 12.3. The van der Waals surface area contributed by atoms with Crippen LogP contribution in [-0.4, -0.2) is 36.6 Å². The summed E-state index contributed by atoms with van der Waals surface area (Å²) in [6.45, 7) is 2.90. The minimum Gasteiger partial charge on any atom is -0.356 e. The number of anilines is 3. The summed E-state index contributed by atoms with van der Waals surface area (Å²) in [5, 5.41) is 0. The van der Waals surface area contributed by atoms with Gasteiger partial charge in [0, 0.05) is 31.9 Å². The summed E-state index contributed by atoms with van der Waals surface area (Å²) >= 11 is 0. The van der Waals surface area contributed by atoms with Gasteiger partial charge in [-0.15, -0.1) is 0 Å². The molecule has 0 amide bonds. The molecule has 1 aliphatic heterocycles. The number of hydrogen-bond donors (Lipinski definition) is 1. The highest BCUT2D eigenvalue weighted by Gasteiger charge is 2.20. The lowest BCUT2D eigenvalue weighted by molar-refractivity contribution is 0.385. The number of aromatic nitrogens is 2. The van der Waals surface area contributed by atoms with Crippen LogP contribution in [-0.2, 0) is 0 Å². The van der Waals surface area contributed by atoms with Crippen LogP contribution >= 0.6 is 0 Å². The second-order valence-electron chi connectivity index (χ2n) is 6.14. The summed E-state index contributed by atoms with van der Waals surface area (Å²) in [5.41, 5.74) is 6.80. The molecule has 23 heavy (non-hydrogen) atoms. The number of nitrogens with zero attached hydrogens (tertiary/aromatic N) is 4. The Morgan fingerprint density at radius 1 is 1.17 bits per heavy atom. The van der Waals surface area contributed by atoms with E-state index in [2.05, 4.69) is 38.0 Å². The molecule has 1 fully saturated rings. The normalized spacial score (nSPS) is 15.7. The van der Waals surface area contributed by atoms with Crippen molar-refractivity contribution in [2.24, 2.45) is 11.7 Å². The summed E-state index contributed by atoms with van der Waals surface area (Å²) in [6.07, 6.45) is 5.20. The Morgan fingerprint density at radius 3 is 2.61 bits per heavy atom. The maximum absolute atomic E-state index is 5.67. The van der Waals surface area contributed by atoms with Crippen LogP contribution in [0.3, 0.4) is 0 Å². The molecule has 2 N–H and O–H groups in total. The van der Waals surface area contributed by atoms with E-state index in [1.165, 1.54) is 12.8 Å². The van der Waals surface area contributed by atoms with Crippen molar-refractivity contribution >= 4 is 17.3 Å². The molecular formula is C18H25N5.